The lowest BCUT2D eigenvalue weighted by atomic mass is 9.65. The van der Waals surface area contributed by atoms with Gasteiger partial charge < -0.3 is 10.6 Å². The van der Waals surface area contributed by atoms with E-state index < -0.39 is 11.6 Å². The number of carbonyl (C=O) groups is 3. The van der Waals surface area contributed by atoms with Crippen LogP contribution in [0.25, 0.3) is 0 Å². The van der Waals surface area contributed by atoms with E-state index in [0.29, 0.717) is 24.7 Å². The first-order valence-electron chi connectivity index (χ1n) is 12.2. The van der Waals surface area contributed by atoms with E-state index in [1.54, 1.807) is 0 Å². The van der Waals surface area contributed by atoms with E-state index in [-0.39, 0.29) is 29.8 Å². The second kappa shape index (κ2) is 8.53. The number of hydrogen-bond acceptors (Lipinski definition) is 3. The van der Waals surface area contributed by atoms with Crippen LogP contribution < -0.4 is 10.6 Å². The van der Waals surface area contributed by atoms with Gasteiger partial charge in [-0.15, -0.1) is 0 Å². The van der Waals surface area contributed by atoms with Gasteiger partial charge in [0.1, 0.15) is 12.1 Å². The molecule has 174 valence electrons. The number of hydrogen-bond donors (Lipinski definition) is 2. The van der Waals surface area contributed by atoms with E-state index in [9.17, 15) is 14.4 Å². The Morgan fingerprint density at radius 1 is 1.16 bits per heavy atom. The zero-order valence-electron chi connectivity index (χ0n) is 19.9. The molecule has 2 aliphatic carbocycles. The fourth-order valence-corrected chi connectivity index (χ4v) is 5.38. The van der Waals surface area contributed by atoms with Crippen molar-refractivity contribution in [2.45, 2.75) is 84.2 Å². The second-order valence-electron chi connectivity index (χ2n) is 10.8. The Balaban J connectivity index is 1.39. The predicted octanol–water partition coefficient (Wildman–Crippen LogP) is 4.48. The molecule has 0 bridgehead atoms. The maximum absolute atomic E-state index is 13.3. The molecule has 0 aromatic heterocycles. The number of nitrogens with one attached hydrogen (secondary N) is 2. The molecule has 2 saturated carbocycles. The van der Waals surface area contributed by atoms with Crippen LogP contribution in [0.3, 0.4) is 0 Å². The zero-order chi connectivity index (χ0) is 23.1. The van der Waals surface area contributed by atoms with Crippen molar-refractivity contribution < 1.29 is 14.4 Å². The summed E-state index contributed by atoms with van der Waals surface area (Å²) in [5.74, 6) is 0.467. The Kier molecular flexibility index (Phi) is 6.08. The second-order valence-corrected chi connectivity index (χ2v) is 10.8. The highest BCUT2D eigenvalue weighted by Crippen LogP contribution is 2.45. The van der Waals surface area contributed by atoms with Gasteiger partial charge >= 0.3 is 6.03 Å². The highest BCUT2D eigenvalue weighted by atomic mass is 16.2. The zero-order valence-corrected chi connectivity index (χ0v) is 19.9. The van der Waals surface area contributed by atoms with Crippen LogP contribution in [-0.4, -0.2) is 34.8 Å². The molecule has 1 unspecified atom stereocenters. The molecule has 2 N–H and O–H groups in total. The number of nitrogens with zero attached hydrogens (tertiary/aromatic N) is 1. The SMILES string of the molecule is CCC(C)(C)C1CCC2(CC1)NC(=O)N(CC(=O)NC(c1ccc(C)cc1)C1CC1)C2=O. The molecule has 1 spiro atoms. The van der Waals surface area contributed by atoms with Crippen molar-refractivity contribution in [2.75, 3.05) is 6.54 Å². The van der Waals surface area contributed by atoms with Crippen LogP contribution in [0, 0.1) is 24.2 Å². The summed E-state index contributed by atoms with van der Waals surface area (Å²) in [4.78, 5) is 39.9. The van der Waals surface area contributed by atoms with Gasteiger partial charge in [0.15, 0.2) is 0 Å². The van der Waals surface area contributed by atoms with E-state index in [4.69, 9.17) is 0 Å². The molecule has 4 amide bonds. The number of rotatable bonds is 7. The van der Waals surface area contributed by atoms with Crippen molar-refractivity contribution in [1.82, 2.24) is 15.5 Å². The van der Waals surface area contributed by atoms with Crippen molar-refractivity contribution in [1.29, 1.82) is 0 Å². The van der Waals surface area contributed by atoms with Gasteiger partial charge in [-0.25, -0.2) is 4.79 Å². The molecule has 1 heterocycles. The van der Waals surface area contributed by atoms with Crippen LogP contribution in [0.1, 0.15) is 82.9 Å². The quantitative estimate of drug-likeness (QED) is 0.615. The third-order valence-corrected chi connectivity index (χ3v) is 8.25. The van der Waals surface area contributed by atoms with Crippen molar-refractivity contribution in [3.05, 3.63) is 35.4 Å². The van der Waals surface area contributed by atoms with Gasteiger partial charge in [-0.3, -0.25) is 14.5 Å². The number of benzene rings is 1. The summed E-state index contributed by atoms with van der Waals surface area (Å²) in [6, 6.07) is 7.71. The summed E-state index contributed by atoms with van der Waals surface area (Å²) in [7, 11) is 0. The maximum atomic E-state index is 13.3. The average Bonchev–Trinajstić information content (AvgIpc) is 3.58. The van der Waals surface area contributed by atoms with Crippen LogP contribution in [0.4, 0.5) is 4.79 Å². The lowest BCUT2D eigenvalue weighted by Crippen LogP contribution is -2.51. The molecular weight excluding hydrogens is 402 g/mol. The standard InChI is InChI=1S/C26H37N3O3/c1-5-25(3,4)20-12-14-26(15-13-20)23(31)29(24(32)28-26)16-21(30)27-22(19-10-11-19)18-8-6-17(2)7-9-18/h6-9,19-20,22H,5,10-16H2,1-4H3,(H,27,30)(H,28,32). The highest BCUT2D eigenvalue weighted by Gasteiger charge is 2.53. The average molecular weight is 440 g/mol. The van der Waals surface area contributed by atoms with E-state index in [1.165, 1.54) is 5.56 Å². The van der Waals surface area contributed by atoms with E-state index in [1.807, 2.05) is 19.1 Å². The molecule has 1 atom stereocenters. The third kappa shape index (κ3) is 4.41. The molecule has 1 saturated heterocycles. The number of aryl methyl sites for hydroxylation is 1. The Bertz CT molecular complexity index is 880. The van der Waals surface area contributed by atoms with Gasteiger partial charge in [0.2, 0.25) is 5.91 Å². The van der Waals surface area contributed by atoms with Crippen LogP contribution in [0.5, 0.6) is 0 Å². The van der Waals surface area contributed by atoms with Crippen molar-refractivity contribution >= 4 is 17.8 Å². The molecule has 32 heavy (non-hydrogen) atoms. The number of carbonyl (C=O) groups excluding carboxylic acids is 3. The fraction of sp³-hybridized carbons (Fsp3) is 0.654. The minimum Gasteiger partial charge on any atom is -0.347 e. The first kappa shape index (κ1) is 22.8. The summed E-state index contributed by atoms with van der Waals surface area (Å²) < 4.78 is 0. The number of urea groups is 1. The number of imide groups is 1. The smallest absolute Gasteiger partial charge is 0.325 e. The van der Waals surface area contributed by atoms with Crippen LogP contribution in [0.2, 0.25) is 0 Å². The van der Waals surface area contributed by atoms with Crippen molar-refractivity contribution in [3.8, 4) is 0 Å². The van der Waals surface area contributed by atoms with Gasteiger partial charge in [0, 0.05) is 0 Å². The fourth-order valence-electron chi connectivity index (χ4n) is 5.38. The molecule has 0 radical (unpaired) electrons. The summed E-state index contributed by atoms with van der Waals surface area (Å²) >= 11 is 0. The molecule has 1 aliphatic heterocycles. The van der Waals surface area contributed by atoms with E-state index in [2.05, 4.69) is 43.5 Å². The largest absolute Gasteiger partial charge is 0.347 e. The molecule has 1 aromatic carbocycles. The minimum atomic E-state index is -0.829. The summed E-state index contributed by atoms with van der Waals surface area (Å²) in [6.45, 7) is 8.60. The lowest BCUT2D eigenvalue weighted by Gasteiger charge is -2.42. The number of amides is 4. The van der Waals surface area contributed by atoms with Crippen molar-refractivity contribution in [3.63, 3.8) is 0 Å². The predicted molar refractivity (Wildman–Crippen MR) is 124 cm³/mol. The normalized spacial score (nSPS) is 26.9. The summed E-state index contributed by atoms with van der Waals surface area (Å²) in [5, 5.41) is 6.04. The van der Waals surface area contributed by atoms with Gasteiger partial charge in [0.25, 0.3) is 5.91 Å². The van der Waals surface area contributed by atoms with E-state index >= 15 is 0 Å². The van der Waals surface area contributed by atoms with Crippen LogP contribution in [-0.2, 0) is 9.59 Å². The summed E-state index contributed by atoms with van der Waals surface area (Å²) in [6.07, 6.45) is 6.41. The molecule has 3 fully saturated rings. The van der Waals surface area contributed by atoms with Crippen LogP contribution in [0.15, 0.2) is 24.3 Å². The Hall–Kier alpha value is -2.37. The van der Waals surface area contributed by atoms with Crippen LogP contribution >= 0.6 is 0 Å². The van der Waals surface area contributed by atoms with Gasteiger partial charge in [-0.1, -0.05) is 57.0 Å². The monoisotopic (exact) mass is 439 g/mol. The lowest BCUT2D eigenvalue weighted by molar-refractivity contribution is -0.136. The van der Waals surface area contributed by atoms with Gasteiger partial charge in [-0.2, -0.15) is 0 Å². The van der Waals surface area contributed by atoms with Crippen molar-refractivity contribution in [2.24, 2.45) is 17.3 Å². The van der Waals surface area contributed by atoms with Gasteiger partial charge in [0.05, 0.1) is 6.04 Å². The van der Waals surface area contributed by atoms with Gasteiger partial charge in [-0.05, 0) is 68.3 Å². The highest BCUT2D eigenvalue weighted by molar-refractivity contribution is 6.09. The summed E-state index contributed by atoms with van der Waals surface area (Å²) in [5.41, 5.74) is 1.67. The maximum Gasteiger partial charge on any atom is 0.325 e. The Labute approximate surface area is 191 Å². The first-order valence-corrected chi connectivity index (χ1v) is 12.2. The Morgan fingerprint density at radius 2 is 1.78 bits per heavy atom. The first-order chi connectivity index (χ1) is 15.1. The molecule has 1 aromatic rings. The topological polar surface area (TPSA) is 78.5 Å². The third-order valence-electron chi connectivity index (χ3n) is 8.25. The molecule has 6 nitrogen and oxygen atoms in total. The van der Waals surface area contributed by atoms with E-state index in [0.717, 1.165) is 42.6 Å². The molecule has 4 rings (SSSR count). The Morgan fingerprint density at radius 3 is 2.34 bits per heavy atom. The molecular formula is C26H37N3O3. The molecule has 3 aliphatic rings. The minimum absolute atomic E-state index is 0.0652. The molecule has 6 heteroatoms.